The first-order valence-electron chi connectivity index (χ1n) is 11.7. The summed E-state index contributed by atoms with van der Waals surface area (Å²) in [7, 11) is 2.74. The number of benzene rings is 2. The zero-order valence-corrected chi connectivity index (χ0v) is 23.6. The maximum absolute atomic E-state index is 13.8. The van der Waals surface area contributed by atoms with Crippen LogP contribution >= 0.6 is 34.5 Å². The molecule has 204 valence electrons. The number of allylic oxidation sites excluding steroid dienone is 1. The maximum Gasteiger partial charge on any atom is 0.338 e. The zero-order chi connectivity index (χ0) is 28.7. The average Bonchev–Trinajstić information content (AvgIpc) is 3.51. The largest absolute Gasteiger partial charge is 0.496 e. The number of aromatic carboxylic acids is 1. The average molecular weight is 599 g/mol. The lowest BCUT2D eigenvalue weighted by atomic mass is 9.95. The molecule has 12 heteroatoms. The number of esters is 1. The summed E-state index contributed by atoms with van der Waals surface area (Å²) in [6.07, 6.45) is 1.56. The maximum atomic E-state index is 13.8. The molecule has 0 unspecified atom stereocenters. The van der Waals surface area contributed by atoms with Crippen LogP contribution in [-0.4, -0.2) is 35.8 Å². The van der Waals surface area contributed by atoms with Gasteiger partial charge in [-0.2, -0.15) is 0 Å². The third-order valence-corrected chi connectivity index (χ3v) is 7.84. The van der Waals surface area contributed by atoms with Gasteiger partial charge in [0, 0.05) is 22.2 Å². The fraction of sp³-hybridized carbons (Fsp3) is 0.143. The second-order valence-electron chi connectivity index (χ2n) is 8.66. The zero-order valence-electron chi connectivity index (χ0n) is 21.2. The highest BCUT2D eigenvalue weighted by molar-refractivity contribution is 7.07. The Morgan fingerprint density at radius 1 is 1.12 bits per heavy atom. The van der Waals surface area contributed by atoms with Crippen molar-refractivity contribution in [3.05, 3.63) is 106 Å². The molecule has 5 rings (SSSR count). The third kappa shape index (κ3) is 4.85. The van der Waals surface area contributed by atoms with E-state index in [-0.39, 0.29) is 16.2 Å². The number of aromatic nitrogens is 1. The fourth-order valence-electron chi connectivity index (χ4n) is 4.46. The van der Waals surface area contributed by atoms with Crippen LogP contribution in [-0.2, 0) is 9.53 Å². The number of fused-ring (bicyclic) bond motifs is 1. The Morgan fingerprint density at radius 2 is 1.90 bits per heavy atom. The van der Waals surface area contributed by atoms with Crippen LogP contribution in [0, 0.1) is 0 Å². The highest BCUT2D eigenvalue weighted by Gasteiger charge is 2.35. The minimum absolute atomic E-state index is 0.0568. The number of hydrogen-bond donors (Lipinski definition) is 1. The molecule has 1 aliphatic heterocycles. The number of halogens is 2. The lowest BCUT2D eigenvalue weighted by Gasteiger charge is -2.25. The molecule has 3 heterocycles. The number of ether oxygens (including phenoxy) is 2. The summed E-state index contributed by atoms with van der Waals surface area (Å²) in [5.74, 6) is -0.620. The number of thiazole rings is 1. The number of carbonyl (C=O) groups excluding carboxylic acids is 1. The molecule has 1 N–H and O–H groups in total. The number of hydrogen-bond acceptors (Lipinski definition) is 8. The van der Waals surface area contributed by atoms with Gasteiger partial charge in [0.25, 0.3) is 5.56 Å². The molecular weight excluding hydrogens is 579 g/mol. The van der Waals surface area contributed by atoms with E-state index in [0.717, 1.165) is 11.3 Å². The molecule has 9 nitrogen and oxygen atoms in total. The van der Waals surface area contributed by atoms with Gasteiger partial charge < -0.3 is 19.0 Å². The topological polar surface area (TPSA) is 120 Å². The first kappa shape index (κ1) is 27.4. The van der Waals surface area contributed by atoms with Crippen molar-refractivity contribution in [3.63, 3.8) is 0 Å². The lowest BCUT2D eigenvalue weighted by Crippen LogP contribution is -2.40. The molecule has 2 aromatic heterocycles. The van der Waals surface area contributed by atoms with Crippen LogP contribution in [0.2, 0.25) is 10.0 Å². The van der Waals surface area contributed by atoms with Crippen molar-refractivity contribution in [1.82, 2.24) is 4.57 Å². The number of nitrogens with zero attached hydrogens (tertiary/aromatic N) is 2. The van der Waals surface area contributed by atoms with E-state index in [1.54, 1.807) is 49.4 Å². The lowest BCUT2D eigenvalue weighted by molar-refractivity contribution is -0.136. The summed E-state index contributed by atoms with van der Waals surface area (Å²) < 4.78 is 18.2. The second kappa shape index (κ2) is 10.8. The van der Waals surface area contributed by atoms with E-state index in [9.17, 15) is 19.5 Å². The number of carboxylic acid groups (broad SMARTS) is 1. The van der Waals surface area contributed by atoms with E-state index in [4.69, 9.17) is 37.1 Å². The molecule has 0 amide bonds. The molecule has 1 atom stereocenters. The highest BCUT2D eigenvalue weighted by Crippen LogP contribution is 2.37. The molecule has 4 aromatic rings. The van der Waals surface area contributed by atoms with Crippen LogP contribution in [0.1, 0.15) is 34.6 Å². The molecular formula is C28H20Cl2N2O7S. The Morgan fingerprint density at radius 3 is 2.60 bits per heavy atom. The van der Waals surface area contributed by atoms with Gasteiger partial charge in [-0.1, -0.05) is 34.5 Å². The van der Waals surface area contributed by atoms with Crippen LogP contribution in [0.15, 0.2) is 74.0 Å². The minimum atomic E-state index is -1.16. The van der Waals surface area contributed by atoms with Crippen molar-refractivity contribution in [3.8, 4) is 17.1 Å². The van der Waals surface area contributed by atoms with Crippen molar-refractivity contribution in [2.24, 2.45) is 4.99 Å². The number of carbonyl (C=O) groups is 2. The molecule has 1 aliphatic rings. The molecule has 0 saturated carbocycles. The van der Waals surface area contributed by atoms with Crippen LogP contribution in [0.3, 0.4) is 0 Å². The fourth-order valence-corrected chi connectivity index (χ4v) is 5.87. The Balaban J connectivity index is 1.66. The van der Waals surface area contributed by atoms with Crippen molar-refractivity contribution in [1.29, 1.82) is 0 Å². The van der Waals surface area contributed by atoms with E-state index in [0.29, 0.717) is 48.5 Å². The summed E-state index contributed by atoms with van der Waals surface area (Å²) in [6.45, 7) is 1.67. The first-order chi connectivity index (χ1) is 19.1. The third-order valence-electron chi connectivity index (χ3n) is 6.29. The van der Waals surface area contributed by atoms with Gasteiger partial charge in [-0.15, -0.1) is 0 Å². The standard InChI is InChI=1S/C28H20Cl2N2O7S/c1-13-23(27(36)38-3)24(18-11-15(29)5-8-21(18)37-2)32-25(33)22(40-28(32)31-13)12-16-6-9-20(39-16)14-4-7-19(30)17(10-14)26(34)35/h4-12,24H,1-3H3,(H,34,35)/b22-12-/t24-/m0/s1. The normalized spacial score (nSPS) is 15.0. The number of rotatable bonds is 6. The summed E-state index contributed by atoms with van der Waals surface area (Å²) >= 11 is 13.4. The summed E-state index contributed by atoms with van der Waals surface area (Å²) in [6, 6.07) is 11.9. The molecule has 0 fully saturated rings. The molecule has 0 radical (unpaired) electrons. The Bertz CT molecular complexity index is 1900. The van der Waals surface area contributed by atoms with E-state index in [2.05, 4.69) is 4.99 Å². The number of furan rings is 1. The van der Waals surface area contributed by atoms with E-state index >= 15 is 0 Å². The van der Waals surface area contributed by atoms with Crippen LogP contribution in [0.5, 0.6) is 5.75 Å². The van der Waals surface area contributed by atoms with Crippen molar-refractivity contribution < 1.29 is 28.6 Å². The predicted octanol–water partition coefficient (Wildman–Crippen LogP) is 4.68. The predicted molar refractivity (Wildman–Crippen MR) is 150 cm³/mol. The molecule has 0 saturated heterocycles. The SMILES string of the molecule is COC(=O)C1=C(C)N=c2s/c(=C\c3ccc(-c4ccc(Cl)c(C(=O)O)c4)o3)c(=O)n2[C@H]1c1cc(Cl)ccc1OC. The molecule has 0 spiro atoms. The van der Waals surface area contributed by atoms with Gasteiger partial charge in [0.05, 0.1) is 40.6 Å². The molecule has 0 bridgehead atoms. The summed E-state index contributed by atoms with van der Waals surface area (Å²) in [5.41, 5.74) is 1.10. The van der Waals surface area contributed by atoms with Crippen LogP contribution in [0.4, 0.5) is 0 Å². The van der Waals surface area contributed by atoms with Gasteiger partial charge in [0.15, 0.2) is 4.80 Å². The minimum Gasteiger partial charge on any atom is -0.496 e. The van der Waals surface area contributed by atoms with Crippen molar-refractivity contribution >= 4 is 52.6 Å². The van der Waals surface area contributed by atoms with Crippen molar-refractivity contribution in [2.75, 3.05) is 14.2 Å². The van der Waals surface area contributed by atoms with E-state index < -0.39 is 23.5 Å². The Hall–Kier alpha value is -4.12. The van der Waals surface area contributed by atoms with Gasteiger partial charge >= 0.3 is 11.9 Å². The Kier molecular flexibility index (Phi) is 7.41. The van der Waals surface area contributed by atoms with Gasteiger partial charge in [-0.3, -0.25) is 9.36 Å². The van der Waals surface area contributed by atoms with Crippen LogP contribution in [0.25, 0.3) is 17.4 Å². The smallest absolute Gasteiger partial charge is 0.338 e. The van der Waals surface area contributed by atoms with Gasteiger partial charge in [0.1, 0.15) is 23.3 Å². The number of methoxy groups -OCH3 is 2. The molecule has 0 aliphatic carbocycles. The molecule has 2 aromatic carbocycles. The second-order valence-corrected chi connectivity index (χ2v) is 10.5. The van der Waals surface area contributed by atoms with Crippen molar-refractivity contribution in [2.45, 2.75) is 13.0 Å². The first-order valence-corrected chi connectivity index (χ1v) is 13.3. The van der Waals surface area contributed by atoms with E-state index in [1.165, 1.54) is 30.9 Å². The summed E-state index contributed by atoms with van der Waals surface area (Å²) in [4.78, 5) is 43.1. The van der Waals surface area contributed by atoms with Gasteiger partial charge in [-0.25, -0.2) is 14.6 Å². The van der Waals surface area contributed by atoms with E-state index in [1.807, 2.05) is 0 Å². The number of carboxylic acids is 1. The van der Waals surface area contributed by atoms with Gasteiger partial charge in [0.2, 0.25) is 0 Å². The van der Waals surface area contributed by atoms with Gasteiger partial charge in [-0.05, 0) is 55.5 Å². The summed E-state index contributed by atoms with van der Waals surface area (Å²) in [5, 5.41) is 9.88. The quantitative estimate of drug-likeness (QED) is 0.320. The monoisotopic (exact) mass is 598 g/mol. The molecule has 40 heavy (non-hydrogen) atoms. The van der Waals surface area contributed by atoms with Crippen LogP contribution < -0.4 is 19.6 Å². The Labute approximate surface area is 240 Å². The highest BCUT2D eigenvalue weighted by atomic mass is 35.5.